The van der Waals surface area contributed by atoms with Gasteiger partial charge in [-0.2, -0.15) is 5.26 Å². The summed E-state index contributed by atoms with van der Waals surface area (Å²) in [5, 5.41) is 23.2. The van der Waals surface area contributed by atoms with E-state index in [-0.39, 0.29) is 0 Å². The molecule has 0 aliphatic carbocycles. The van der Waals surface area contributed by atoms with E-state index in [1.807, 2.05) is 0 Å². The minimum atomic E-state index is 0.550. The van der Waals surface area contributed by atoms with E-state index in [2.05, 4.69) is 345 Å². The summed E-state index contributed by atoms with van der Waals surface area (Å²) >= 11 is 1.64. The molecule has 0 saturated heterocycles. The van der Waals surface area contributed by atoms with E-state index in [9.17, 15) is 5.26 Å². The Morgan fingerprint density at radius 1 is 0.273 bits per heavy atom. The number of thiazole rings is 1. The molecule has 0 radical (unpaired) electrons. The molecule has 0 aliphatic rings. The predicted molar refractivity (Wildman–Crippen MR) is 417 cm³/mol. The van der Waals surface area contributed by atoms with Gasteiger partial charge in [-0.05, 0) is 221 Å². The normalized spacial score (nSPS) is 11.9. The van der Waals surface area contributed by atoms with Crippen LogP contribution >= 0.6 is 11.3 Å². The van der Waals surface area contributed by atoms with Crippen LogP contribution in [-0.4, -0.2) is 23.3 Å². The molecule has 19 aromatic rings. The Bertz CT molecular complexity index is 6370. The number of nitrogens with zero attached hydrogens (tertiary/aromatic N) is 6. The van der Waals surface area contributed by atoms with Crippen LogP contribution in [0.4, 0.5) is 0 Å². The number of benzene rings is 14. The number of rotatable bonds is 9. The van der Waals surface area contributed by atoms with E-state index < -0.39 is 0 Å². The lowest BCUT2D eigenvalue weighted by Crippen LogP contribution is -2.03. The highest BCUT2D eigenvalue weighted by molar-refractivity contribution is 7.21. The van der Waals surface area contributed by atoms with Crippen molar-refractivity contribution < 1.29 is 0 Å². The third-order valence-electron chi connectivity index (χ3n) is 20.6. The maximum Gasteiger partial charge on any atom is 0.126 e. The van der Waals surface area contributed by atoms with Gasteiger partial charge in [-0.3, -0.25) is 0 Å². The van der Waals surface area contributed by atoms with Crippen molar-refractivity contribution in [1.29, 1.82) is 5.26 Å². The van der Waals surface area contributed by atoms with Crippen LogP contribution in [0.15, 0.2) is 279 Å². The van der Waals surface area contributed by atoms with Gasteiger partial charge in [-0.1, -0.05) is 167 Å². The summed E-state index contributed by atoms with van der Waals surface area (Å²) in [6.07, 6.45) is 0. The van der Waals surface area contributed by atoms with E-state index in [4.69, 9.17) is 4.98 Å². The Kier molecular flexibility index (Phi) is 13.1. The Morgan fingerprint density at radius 3 is 0.869 bits per heavy atom. The molecule has 6 nitrogen and oxygen atoms in total. The molecular formula is C92H64N6S. The fourth-order valence-corrected chi connectivity index (χ4v) is 17.1. The fraction of sp³-hybridized carbons (Fsp3) is 0.0652. The molecule has 0 bridgehead atoms. The zero-order valence-corrected chi connectivity index (χ0v) is 56.5. The van der Waals surface area contributed by atoms with Crippen molar-refractivity contribution in [3.05, 3.63) is 318 Å². The quantitative estimate of drug-likeness (QED) is 0.145. The van der Waals surface area contributed by atoms with Gasteiger partial charge in [0.15, 0.2) is 0 Å². The monoisotopic (exact) mass is 1280 g/mol. The maximum absolute atomic E-state index is 12.6. The van der Waals surface area contributed by atoms with Crippen LogP contribution in [0, 0.1) is 52.9 Å². The van der Waals surface area contributed by atoms with Crippen molar-refractivity contribution in [2.24, 2.45) is 0 Å². The number of nitriles is 1. The zero-order chi connectivity index (χ0) is 66.5. The van der Waals surface area contributed by atoms with E-state index in [1.165, 1.54) is 76.5 Å². The molecule has 14 aromatic carbocycles. The second-order valence-electron chi connectivity index (χ2n) is 27.0. The largest absolute Gasteiger partial charge is 0.309 e. The van der Waals surface area contributed by atoms with Gasteiger partial charge in [0.2, 0.25) is 0 Å². The van der Waals surface area contributed by atoms with Crippen molar-refractivity contribution in [3.8, 4) is 83.9 Å². The molecule has 468 valence electrons. The average Bonchev–Trinajstić information content (AvgIpc) is 1.12. The van der Waals surface area contributed by atoms with E-state index >= 15 is 0 Å². The minimum Gasteiger partial charge on any atom is -0.309 e. The number of para-hydroxylation sites is 3. The lowest BCUT2D eigenvalue weighted by molar-refractivity contribution is 1.18. The van der Waals surface area contributed by atoms with Crippen molar-refractivity contribution in [2.45, 2.75) is 41.5 Å². The first-order valence-electron chi connectivity index (χ1n) is 34.0. The number of aromatic nitrogens is 5. The van der Waals surface area contributed by atoms with Crippen molar-refractivity contribution in [2.75, 3.05) is 0 Å². The predicted octanol–water partition coefficient (Wildman–Crippen LogP) is 24.7. The molecular weight excluding hydrogens is 1220 g/mol. The molecule has 0 unspecified atom stereocenters. The molecule has 0 N–H and O–H groups in total. The molecule has 0 amide bonds. The van der Waals surface area contributed by atoms with Crippen molar-refractivity contribution in [3.63, 3.8) is 0 Å². The standard InChI is InChI=1S/C92H64N6S/c1-54-19-41-80-70(47-54)71-48-55(2)20-42-81(71)96(80)65-35-27-61(28-36-65)88-87(60-25-33-64(34-26-60)95-78-16-10-7-13-68(78)69-14-8-11-17-79(69)95)76(53-93)91(92-94-77-15-9-12-18-86(77)99-92)90(63-31-39-67(40-32-63)98-84-45-23-58(5)51-74(84)75-52-59(6)24-46-85(75)98)89(88)62-29-37-66(38-30-62)97-82-43-21-56(3)49-72(82)73-50-57(4)22-44-83(73)97/h7-52H,1-6H3. The molecule has 5 aromatic heterocycles. The van der Waals surface area contributed by atoms with E-state index in [0.717, 1.165) is 132 Å². The molecule has 0 atom stereocenters. The van der Waals surface area contributed by atoms with Gasteiger partial charge in [-0.15, -0.1) is 11.3 Å². The molecule has 0 spiro atoms. The Hall–Kier alpha value is -12.3. The number of aryl methyl sites for hydroxylation is 6. The summed E-state index contributed by atoms with van der Waals surface area (Å²) in [6.45, 7) is 13.0. The van der Waals surface area contributed by atoms with Gasteiger partial charge >= 0.3 is 0 Å². The summed E-state index contributed by atoms with van der Waals surface area (Å²) in [7, 11) is 0. The second kappa shape index (κ2) is 22.4. The topological polar surface area (TPSA) is 56.4 Å². The average molecular weight is 1290 g/mol. The van der Waals surface area contributed by atoms with Crippen LogP contribution in [0.1, 0.15) is 38.9 Å². The summed E-state index contributed by atoms with van der Waals surface area (Å²) in [5.41, 5.74) is 30.5. The van der Waals surface area contributed by atoms with Gasteiger partial charge in [0.25, 0.3) is 0 Å². The second-order valence-corrected chi connectivity index (χ2v) is 28.1. The van der Waals surface area contributed by atoms with Gasteiger partial charge in [0, 0.05) is 82.5 Å². The fourth-order valence-electron chi connectivity index (χ4n) is 16.1. The summed E-state index contributed by atoms with van der Waals surface area (Å²) < 4.78 is 10.6. The summed E-state index contributed by atoms with van der Waals surface area (Å²) in [6, 6.07) is 106. The van der Waals surface area contributed by atoms with Gasteiger partial charge < -0.3 is 18.3 Å². The zero-order valence-electron chi connectivity index (χ0n) is 55.6. The first kappa shape index (κ1) is 58.1. The number of hydrogen-bond acceptors (Lipinski definition) is 3. The van der Waals surface area contributed by atoms with Crippen LogP contribution in [0.2, 0.25) is 0 Å². The molecule has 99 heavy (non-hydrogen) atoms. The third kappa shape index (κ3) is 9.10. The number of hydrogen-bond donors (Lipinski definition) is 0. The SMILES string of the molecule is Cc1ccc2c(c1)c1cc(C)ccc1n2-c1ccc(-c2c(-c3ccc(-n4c5ccccc5c5ccccc54)cc3)c(C#N)c(-c3nc4ccccc4s3)c(-c3ccc(-n4c5ccc(C)cc5c5cc(C)ccc54)cc3)c2-c2ccc(-n3c4ccc(C)cc4c4cc(C)ccc43)cc2)cc1. The molecule has 0 aliphatic heterocycles. The Balaban J connectivity index is 0.923. The van der Waals surface area contributed by atoms with Gasteiger partial charge in [0.05, 0.1) is 59.9 Å². The van der Waals surface area contributed by atoms with Crippen LogP contribution in [0.25, 0.3) is 175 Å². The van der Waals surface area contributed by atoms with Gasteiger partial charge in [0.1, 0.15) is 11.1 Å². The molecule has 0 saturated carbocycles. The number of fused-ring (bicyclic) bond motifs is 13. The lowest BCUT2D eigenvalue weighted by Gasteiger charge is -2.26. The van der Waals surface area contributed by atoms with Crippen molar-refractivity contribution in [1.82, 2.24) is 23.3 Å². The van der Waals surface area contributed by atoms with Crippen molar-refractivity contribution >= 4 is 109 Å². The molecule has 5 heterocycles. The van der Waals surface area contributed by atoms with Crippen LogP contribution < -0.4 is 0 Å². The highest BCUT2D eigenvalue weighted by atomic mass is 32.1. The molecule has 7 heteroatoms. The Morgan fingerprint density at radius 2 is 0.545 bits per heavy atom. The molecule has 19 rings (SSSR count). The molecule has 0 fully saturated rings. The first-order chi connectivity index (χ1) is 48.5. The van der Waals surface area contributed by atoms with Crippen LogP contribution in [-0.2, 0) is 0 Å². The highest BCUT2D eigenvalue weighted by Crippen LogP contribution is 2.55. The summed E-state index contributed by atoms with van der Waals surface area (Å²) in [5.74, 6) is 0. The third-order valence-corrected chi connectivity index (χ3v) is 21.6. The smallest absolute Gasteiger partial charge is 0.126 e. The van der Waals surface area contributed by atoms with Gasteiger partial charge in [-0.25, -0.2) is 4.98 Å². The summed E-state index contributed by atoms with van der Waals surface area (Å²) in [4.78, 5) is 5.57. The highest BCUT2D eigenvalue weighted by Gasteiger charge is 2.31. The minimum absolute atomic E-state index is 0.550. The Labute approximate surface area is 577 Å². The van der Waals surface area contributed by atoms with E-state index in [1.54, 1.807) is 11.3 Å². The van der Waals surface area contributed by atoms with Crippen LogP contribution in [0.3, 0.4) is 0 Å². The van der Waals surface area contributed by atoms with E-state index in [0.29, 0.717) is 5.56 Å². The lowest BCUT2D eigenvalue weighted by atomic mass is 9.77. The first-order valence-corrected chi connectivity index (χ1v) is 34.8. The maximum atomic E-state index is 12.6. The van der Waals surface area contributed by atoms with Crippen LogP contribution in [0.5, 0.6) is 0 Å².